The van der Waals surface area contributed by atoms with E-state index in [1.54, 1.807) is 24.3 Å². The highest BCUT2D eigenvalue weighted by Crippen LogP contribution is 2.21. The van der Waals surface area contributed by atoms with Crippen molar-refractivity contribution in [2.45, 2.75) is 6.92 Å². The molecule has 0 aromatic heterocycles. The molecule has 0 aliphatic carbocycles. The quantitative estimate of drug-likeness (QED) is 0.351. The zero-order valence-corrected chi connectivity index (χ0v) is 10.3. The summed E-state index contributed by atoms with van der Waals surface area (Å²) >= 11 is 0. The Morgan fingerprint density at radius 2 is 2.28 bits per heavy atom. The van der Waals surface area contributed by atoms with E-state index in [0.29, 0.717) is 11.5 Å². The van der Waals surface area contributed by atoms with Gasteiger partial charge in [0, 0.05) is 0 Å². The molecule has 1 aromatic carbocycles. The molecule has 0 aliphatic rings. The number of nitrogens with one attached hydrogen (secondary N) is 1. The predicted molar refractivity (Wildman–Crippen MR) is 73.0 cm³/mol. The monoisotopic (exact) mass is 248 g/mol. The van der Waals surface area contributed by atoms with Gasteiger partial charge in [0.05, 0.1) is 5.69 Å². The van der Waals surface area contributed by atoms with Gasteiger partial charge in [0.25, 0.3) is 0 Å². The summed E-state index contributed by atoms with van der Waals surface area (Å²) in [7, 11) is 0. The Bertz CT molecular complexity index is 467. The lowest BCUT2D eigenvalue weighted by molar-refractivity contribution is 0.446. The molecule has 3 N–H and O–H groups in total. The number of hydrogen-bond donors (Lipinski definition) is 2. The molecule has 1 rings (SSSR count). The second-order valence-corrected chi connectivity index (χ2v) is 3.63. The van der Waals surface area contributed by atoms with E-state index in [9.17, 15) is 4.39 Å². The van der Waals surface area contributed by atoms with Crippen molar-refractivity contribution in [3.05, 3.63) is 60.4 Å². The van der Waals surface area contributed by atoms with Gasteiger partial charge in [-0.1, -0.05) is 24.8 Å². The fraction of sp³-hybridized carbons (Fsp3) is 0.143. The highest BCUT2D eigenvalue weighted by atomic mass is 19.1. The second kappa shape index (κ2) is 7.29. The third-order valence-electron chi connectivity index (χ3n) is 2.22. The Morgan fingerprint density at radius 1 is 1.50 bits per heavy atom. The molecule has 0 spiro atoms. The maximum Gasteiger partial charge on any atom is 0.127 e. The number of anilines is 1. The SMILES string of the molecule is C=C(/C=C\C=C/CF)Oc1ccc(NN)c(C)c1. The smallest absolute Gasteiger partial charge is 0.127 e. The standard InChI is InChI=1S/C14H17FN2O/c1-11-10-13(7-8-14(11)17-16)18-12(2)6-4-3-5-9-15/h3-8,10,17H,2,9,16H2,1H3/b5-3-,6-4-. The normalized spacial score (nSPS) is 11.1. The average Bonchev–Trinajstić information content (AvgIpc) is 2.35. The Kier molecular flexibility index (Phi) is 5.67. The van der Waals surface area contributed by atoms with Crippen LogP contribution in [0.3, 0.4) is 0 Å². The van der Waals surface area contributed by atoms with Crippen molar-refractivity contribution in [3.8, 4) is 5.75 Å². The first-order valence-corrected chi connectivity index (χ1v) is 5.50. The summed E-state index contributed by atoms with van der Waals surface area (Å²) < 4.78 is 17.3. The summed E-state index contributed by atoms with van der Waals surface area (Å²) in [6.45, 7) is 5.18. The van der Waals surface area contributed by atoms with E-state index in [1.165, 1.54) is 6.08 Å². The number of halogens is 1. The lowest BCUT2D eigenvalue weighted by atomic mass is 10.2. The lowest BCUT2D eigenvalue weighted by Gasteiger charge is -2.09. The van der Waals surface area contributed by atoms with Gasteiger partial charge in [-0.25, -0.2) is 4.39 Å². The summed E-state index contributed by atoms with van der Waals surface area (Å²) in [5, 5.41) is 0. The van der Waals surface area contributed by atoms with Crippen LogP contribution in [0.1, 0.15) is 5.56 Å². The molecule has 0 saturated carbocycles. The van der Waals surface area contributed by atoms with Crippen LogP contribution in [-0.4, -0.2) is 6.67 Å². The van der Waals surface area contributed by atoms with Crippen molar-refractivity contribution in [2.75, 3.05) is 12.1 Å². The molecular formula is C14H17FN2O. The van der Waals surface area contributed by atoms with Crippen LogP contribution >= 0.6 is 0 Å². The van der Waals surface area contributed by atoms with Crippen LogP contribution in [0.25, 0.3) is 0 Å². The fourth-order valence-electron chi connectivity index (χ4n) is 1.34. The number of allylic oxidation sites excluding steroid dienone is 4. The van der Waals surface area contributed by atoms with E-state index in [-0.39, 0.29) is 0 Å². The van der Waals surface area contributed by atoms with Crippen LogP contribution in [0.15, 0.2) is 54.8 Å². The molecule has 0 saturated heterocycles. The molecule has 4 heteroatoms. The van der Waals surface area contributed by atoms with E-state index in [2.05, 4.69) is 12.0 Å². The summed E-state index contributed by atoms with van der Waals surface area (Å²) in [5.74, 6) is 6.49. The van der Waals surface area contributed by atoms with Crippen molar-refractivity contribution in [3.63, 3.8) is 0 Å². The first-order valence-electron chi connectivity index (χ1n) is 5.50. The minimum atomic E-state index is -0.482. The number of rotatable bonds is 6. The van der Waals surface area contributed by atoms with E-state index in [0.717, 1.165) is 11.3 Å². The van der Waals surface area contributed by atoms with Crippen LogP contribution < -0.4 is 16.0 Å². The predicted octanol–water partition coefficient (Wildman–Crippen LogP) is 3.26. The third kappa shape index (κ3) is 4.43. The number of aryl methyl sites for hydroxylation is 1. The number of nitrogen functional groups attached to an aromatic ring is 1. The maximum absolute atomic E-state index is 11.8. The number of nitrogens with two attached hydrogens (primary N) is 1. The van der Waals surface area contributed by atoms with Crippen molar-refractivity contribution in [1.29, 1.82) is 0 Å². The van der Waals surface area contributed by atoms with Crippen molar-refractivity contribution in [2.24, 2.45) is 5.84 Å². The number of ether oxygens (including phenoxy) is 1. The van der Waals surface area contributed by atoms with E-state index < -0.39 is 6.67 Å². The average molecular weight is 248 g/mol. The molecule has 18 heavy (non-hydrogen) atoms. The highest BCUT2D eigenvalue weighted by Gasteiger charge is 2.00. The zero-order chi connectivity index (χ0) is 13.4. The molecule has 0 unspecified atom stereocenters. The number of hydrazine groups is 1. The topological polar surface area (TPSA) is 47.3 Å². The van der Waals surface area contributed by atoms with Crippen LogP contribution in [-0.2, 0) is 0 Å². The molecule has 0 aliphatic heterocycles. The number of hydrogen-bond acceptors (Lipinski definition) is 3. The number of alkyl halides is 1. The molecular weight excluding hydrogens is 231 g/mol. The van der Waals surface area contributed by atoms with Gasteiger partial charge < -0.3 is 10.2 Å². The molecule has 96 valence electrons. The van der Waals surface area contributed by atoms with Gasteiger partial charge in [-0.2, -0.15) is 0 Å². The van der Waals surface area contributed by atoms with Gasteiger partial charge in [0.15, 0.2) is 0 Å². The fourth-order valence-corrected chi connectivity index (χ4v) is 1.34. The van der Waals surface area contributed by atoms with Gasteiger partial charge in [0.2, 0.25) is 0 Å². The number of benzene rings is 1. The van der Waals surface area contributed by atoms with Gasteiger partial charge in [0.1, 0.15) is 18.2 Å². The van der Waals surface area contributed by atoms with E-state index in [1.807, 2.05) is 19.1 Å². The molecule has 0 heterocycles. The van der Waals surface area contributed by atoms with Gasteiger partial charge in [-0.05, 0) is 36.8 Å². The Balaban J connectivity index is 2.62. The highest BCUT2D eigenvalue weighted by molar-refractivity contribution is 5.52. The van der Waals surface area contributed by atoms with Crippen LogP contribution in [0.4, 0.5) is 10.1 Å². The van der Waals surface area contributed by atoms with Crippen molar-refractivity contribution in [1.82, 2.24) is 0 Å². The molecule has 1 aromatic rings. The van der Waals surface area contributed by atoms with Gasteiger partial charge in [-0.3, -0.25) is 5.84 Å². The molecule has 0 bridgehead atoms. The molecule has 0 amide bonds. The molecule has 3 nitrogen and oxygen atoms in total. The largest absolute Gasteiger partial charge is 0.458 e. The Hall–Kier alpha value is -2.07. The summed E-state index contributed by atoms with van der Waals surface area (Å²) in [5.41, 5.74) is 4.41. The van der Waals surface area contributed by atoms with Crippen molar-refractivity contribution < 1.29 is 9.13 Å². The van der Waals surface area contributed by atoms with Gasteiger partial charge in [-0.15, -0.1) is 0 Å². The van der Waals surface area contributed by atoms with Gasteiger partial charge >= 0.3 is 0 Å². The van der Waals surface area contributed by atoms with E-state index in [4.69, 9.17) is 10.6 Å². The van der Waals surface area contributed by atoms with Crippen LogP contribution in [0.2, 0.25) is 0 Å². The van der Waals surface area contributed by atoms with Crippen molar-refractivity contribution >= 4 is 5.69 Å². The van der Waals surface area contributed by atoms with Crippen LogP contribution in [0, 0.1) is 6.92 Å². The molecule has 0 radical (unpaired) electrons. The van der Waals surface area contributed by atoms with Crippen LogP contribution in [0.5, 0.6) is 5.75 Å². The molecule has 0 atom stereocenters. The maximum atomic E-state index is 11.8. The minimum absolute atomic E-state index is 0.478. The summed E-state index contributed by atoms with van der Waals surface area (Å²) in [6, 6.07) is 5.47. The summed E-state index contributed by atoms with van der Waals surface area (Å²) in [6.07, 6.45) is 6.33. The Morgan fingerprint density at radius 3 is 2.89 bits per heavy atom. The lowest BCUT2D eigenvalue weighted by Crippen LogP contribution is -2.07. The zero-order valence-electron chi connectivity index (χ0n) is 10.3. The Labute approximate surface area is 106 Å². The first-order chi connectivity index (χ1) is 8.67. The molecule has 0 fully saturated rings. The first kappa shape index (κ1) is 14.0. The second-order valence-electron chi connectivity index (χ2n) is 3.63. The summed E-state index contributed by atoms with van der Waals surface area (Å²) in [4.78, 5) is 0. The minimum Gasteiger partial charge on any atom is -0.458 e. The van der Waals surface area contributed by atoms with E-state index >= 15 is 0 Å². The third-order valence-corrected chi connectivity index (χ3v) is 2.22.